The number of thiophene rings is 1. The Kier molecular flexibility index (Phi) is 5.83. The molecule has 0 spiro atoms. The van der Waals surface area contributed by atoms with Gasteiger partial charge in [0.2, 0.25) is 0 Å². The van der Waals surface area contributed by atoms with Crippen LogP contribution in [0.2, 0.25) is 0 Å². The second kappa shape index (κ2) is 8.28. The van der Waals surface area contributed by atoms with Crippen molar-refractivity contribution in [3.8, 4) is 10.4 Å². The first kappa shape index (κ1) is 19.0. The lowest BCUT2D eigenvalue weighted by Gasteiger charge is -2.10. The van der Waals surface area contributed by atoms with Crippen LogP contribution in [-0.4, -0.2) is 22.6 Å². The minimum absolute atomic E-state index is 0.183. The number of nitrogens with one attached hydrogen (secondary N) is 1. The highest BCUT2D eigenvalue weighted by Crippen LogP contribution is 2.35. The third-order valence-corrected chi connectivity index (χ3v) is 5.84. The van der Waals surface area contributed by atoms with E-state index >= 15 is 0 Å². The van der Waals surface area contributed by atoms with Gasteiger partial charge in [-0.1, -0.05) is 29.3 Å². The van der Waals surface area contributed by atoms with E-state index in [1.165, 1.54) is 11.3 Å². The lowest BCUT2D eigenvalue weighted by atomic mass is 10.0. The van der Waals surface area contributed by atoms with Crippen molar-refractivity contribution in [1.29, 1.82) is 0 Å². The van der Waals surface area contributed by atoms with Crippen molar-refractivity contribution in [2.75, 3.05) is 12.4 Å². The summed E-state index contributed by atoms with van der Waals surface area (Å²) in [6.45, 7) is 7.57. The number of ether oxygens (including phenoxy) is 1. The van der Waals surface area contributed by atoms with E-state index in [9.17, 15) is 4.79 Å². The van der Waals surface area contributed by atoms with Crippen molar-refractivity contribution in [2.45, 2.75) is 13.8 Å². The molecule has 1 N–H and O–H groups in total. The molecule has 0 saturated heterocycles. The number of hydrogen-bond donors (Lipinski definition) is 1. The highest BCUT2D eigenvalue weighted by atomic mass is 32.1. The molecule has 27 heavy (non-hydrogen) atoms. The molecule has 138 valence electrons. The molecule has 0 saturated carbocycles. The fourth-order valence-electron chi connectivity index (χ4n) is 2.59. The van der Waals surface area contributed by atoms with Crippen LogP contribution >= 0.6 is 22.9 Å². The number of hydrogen-bond acceptors (Lipinski definition) is 6. The van der Waals surface area contributed by atoms with Gasteiger partial charge < -0.3 is 10.1 Å². The number of aromatic nitrogens is 2. The van der Waals surface area contributed by atoms with Gasteiger partial charge in [0.15, 0.2) is 0 Å². The summed E-state index contributed by atoms with van der Waals surface area (Å²) in [5.74, 6) is 0.571. The average molecular weight is 398 g/mol. The van der Waals surface area contributed by atoms with Crippen molar-refractivity contribution in [3.63, 3.8) is 0 Å². The van der Waals surface area contributed by atoms with Crippen LogP contribution in [0.4, 0.5) is 5.00 Å². The molecule has 1 amide bonds. The molecule has 2 aromatic heterocycles. The van der Waals surface area contributed by atoms with Crippen LogP contribution in [0.15, 0.2) is 49.1 Å². The molecule has 0 unspecified atom stereocenters. The Morgan fingerprint density at radius 2 is 2.07 bits per heavy atom. The summed E-state index contributed by atoms with van der Waals surface area (Å²) in [5, 5.41) is 7.58. The standard InChI is InChI=1S/C20H19N3O2S2/c1-5-6-16(25-4)14-8-7-12(2)15(11-14)17-9-10-18(26-17)21-20(24)19-13(3)22-23-27-19/h5-11H,1H2,2-4H3,(H,21,24)/b16-6-. The van der Waals surface area contributed by atoms with Crippen molar-refractivity contribution >= 4 is 39.5 Å². The Morgan fingerprint density at radius 3 is 2.74 bits per heavy atom. The molecule has 7 heteroatoms. The molecule has 3 rings (SSSR count). The van der Waals surface area contributed by atoms with Gasteiger partial charge in [0.05, 0.1) is 17.8 Å². The minimum atomic E-state index is -0.183. The first-order chi connectivity index (χ1) is 13.0. The van der Waals surface area contributed by atoms with Gasteiger partial charge >= 0.3 is 0 Å². The number of carbonyl (C=O) groups is 1. The van der Waals surface area contributed by atoms with Gasteiger partial charge in [0.25, 0.3) is 5.91 Å². The van der Waals surface area contributed by atoms with Crippen molar-refractivity contribution < 1.29 is 9.53 Å². The number of nitrogens with zero attached hydrogens (tertiary/aromatic N) is 2. The maximum absolute atomic E-state index is 12.4. The Morgan fingerprint density at radius 1 is 1.26 bits per heavy atom. The zero-order valence-corrected chi connectivity index (χ0v) is 16.9. The highest BCUT2D eigenvalue weighted by molar-refractivity contribution is 7.19. The monoisotopic (exact) mass is 397 g/mol. The number of allylic oxidation sites excluding steroid dienone is 2. The number of benzene rings is 1. The lowest BCUT2D eigenvalue weighted by molar-refractivity contribution is 0.103. The molecule has 0 radical (unpaired) electrons. The second-order valence-electron chi connectivity index (χ2n) is 5.81. The van der Waals surface area contributed by atoms with Crippen molar-refractivity contribution in [3.05, 3.63) is 70.8 Å². The Hall–Kier alpha value is -2.77. The van der Waals surface area contributed by atoms with E-state index in [1.807, 2.05) is 24.3 Å². The molecule has 5 nitrogen and oxygen atoms in total. The fourth-order valence-corrected chi connectivity index (χ4v) is 4.12. The topological polar surface area (TPSA) is 64.1 Å². The number of anilines is 1. The Bertz CT molecular complexity index is 1020. The number of rotatable bonds is 6. The van der Waals surface area contributed by atoms with Crippen LogP contribution in [-0.2, 0) is 4.74 Å². The molecule has 0 bridgehead atoms. The van der Waals surface area contributed by atoms with Gasteiger partial charge in [-0.15, -0.1) is 16.4 Å². The average Bonchev–Trinajstić information content (AvgIpc) is 3.29. The second-order valence-corrected chi connectivity index (χ2v) is 7.64. The Balaban J connectivity index is 1.88. The molecule has 0 aliphatic heterocycles. The largest absolute Gasteiger partial charge is 0.496 e. The molecule has 0 aliphatic rings. The third-order valence-electron chi connectivity index (χ3n) is 3.98. The fraction of sp³-hybridized carbons (Fsp3) is 0.150. The van der Waals surface area contributed by atoms with Crippen LogP contribution in [0.1, 0.15) is 26.5 Å². The van der Waals surface area contributed by atoms with Gasteiger partial charge in [-0.25, -0.2) is 0 Å². The first-order valence-electron chi connectivity index (χ1n) is 8.21. The molecular formula is C20H19N3O2S2. The molecule has 3 aromatic rings. The van der Waals surface area contributed by atoms with Crippen LogP contribution in [0.3, 0.4) is 0 Å². The van der Waals surface area contributed by atoms with Crippen molar-refractivity contribution in [2.24, 2.45) is 0 Å². The van der Waals surface area contributed by atoms with Crippen LogP contribution in [0, 0.1) is 13.8 Å². The maximum atomic E-state index is 12.4. The number of carbonyl (C=O) groups excluding carboxylic acids is 1. The van der Waals surface area contributed by atoms with Gasteiger partial charge in [-0.05, 0) is 60.8 Å². The van der Waals surface area contributed by atoms with E-state index in [-0.39, 0.29) is 5.91 Å². The lowest BCUT2D eigenvalue weighted by Crippen LogP contribution is -2.10. The minimum Gasteiger partial charge on any atom is -0.496 e. The molecule has 2 heterocycles. The van der Waals surface area contributed by atoms with E-state index in [2.05, 4.69) is 40.5 Å². The quantitative estimate of drug-likeness (QED) is 0.452. The zero-order chi connectivity index (χ0) is 19.4. The Labute approximate surface area is 166 Å². The van der Waals surface area contributed by atoms with E-state index < -0.39 is 0 Å². The molecule has 1 aromatic carbocycles. The van der Waals surface area contributed by atoms with Crippen LogP contribution < -0.4 is 5.32 Å². The van der Waals surface area contributed by atoms with E-state index in [1.54, 1.807) is 20.1 Å². The number of methoxy groups -OCH3 is 1. The molecule has 0 fully saturated rings. The summed E-state index contributed by atoms with van der Waals surface area (Å²) in [4.78, 5) is 14.0. The van der Waals surface area contributed by atoms with E-state index in [0.717, 1.165) is 43.9 Å². The maximum Gasteiger partial charge on any atom is 0.269 e. The SMILES string of the molecule is C=C/C=C(\OC)c1ccc(C)c(-c2ccc(NC(=O)c3snnc3C)s2)c1. The van der Waals surface area contributed by atoms with E-state index in [0.29, 0.717) is 10.6 Å². The van der Waals surface area contributed by atoms with Crippen molar-refractivity contribution in [1.82, 2.24) is 9.59 Å². The molecule has 0 aliphatic carbocycles. The van der Waals surface area contributed by atoms with Gasteiger partial charge in [-0.3, -0.25) is 4.79 Å². The van der Waals surface area contributed by atoms with Gasteiger partial charge in [0, 0.05) is 10.4 Å². The summed E-state index contributed by atoms with van der Waals surface area (Å²) in [6, 6.07) is 10.1. The zero-order valence-electron chi connectivity index (χ0n) is 15.3. The summed E-state index contributed by atoms with van der Waals surface area (Å²) in [6.07, 6.45) is 3.54. The van der Waals surface area contributed by atoms with Crippen LogP contribution in [0.5, 0.6) is 0 Å². The van der Waals surface area contributed by atoms with Crippen LogP contribution in [0.25, 0.3) is 16.2 Å². The summed E-state index contributed by atoms with van der Waals surface area (Å²) >= 11 is 2.62. The predicted molar refractivity (Wildman–Crippen MR) is 112 cm³/mol. The van der Waals surface area contributed by atoms with Gasteiger partial charge in [-0.2, -0.15) is 0 Å². The number of aryl methyl sites for hydroxylation is 2. The van der Waals surface area contributed by atoms with Gasteiger partial charge in [0.1, 0.15) is 10.6 Å². The van der Waals surface area contributed by atoms with E-state index in [4.69, 9.17) is 4.74 Å². The number of amides is 1. The summed E-state index contributed by atoms with van der Waals surface area (Å²) in [7, 11) is 1.64. The molecule has 0 atom stereocenters. The summed E-state index contributed by atoms with van der Waals surface area (Å²) < 4.78 is 9.25. The smallest absolute Gasteiger partial charge is 0.269 e. The molecular weight excluding hydrogens is 378 g/mol. The first-order valence-corrected chi connectivity index (χ1v) is 9.80. The highest BCUT2D eigenvalue weighted by Gasteiger charge is 2.15. The third kappa shape index (κ3) is 4.15. The predicted octanol–water partition coefficient (Wildman–Crippen LogP) is 5.31. The summed E-state index contributed by atoms with van der Waals surface area (Å²) in [5.41, 5.74) is 3.86. The normalized spacial score (nSPS) is 11.3.